The van der Waals surface area contributed by atoms with Crippen LogP contribution >= 0.6 is 34.2 Å². The average Bonchev–Trinajstić information content (AvgIpc) is 2.83. The number of carbonyl (C=O) groups is 2. The summed E-state index contributed by atoms with van der Waals surface area (Å²) in [7, 11) is -4.65. The van der Waals surface area contributed by atoms with Crippen molar-refractivity contribution in [1.82, 2.24) is 9.79 Å². The molecule has 2 aromatic rings. The lowest BCUT2D eigenvalue weighted by Crippen LogP contribution is -2.44. The number of anilines is 2. The molecule has 14 heteroatoms. The van der Waals surface area contributed by atoms with Crippen LogP contribution < -0.4 is 16.5 Å². The third-order valence-electron chi connectivity index (χ3n) is 5.38. The Labute approximate surface area is 225 Å². The standard InChI is InChI=1S/C22H22ClF2IN4O5S/c1-2-8-35-29-22(32)14-10-17(36(33,34)30-7-3-4-12(11-30)21(27)31)18(24)19(25)20(14)28-16-6-5-13(26)9-15(16)23/h2,5-6,9-10,12,28H,1,3-4,7-8,11H2,(H2,27,31)(H,29,32). The second-order valence-corrected chi connectivity index (χ2v) is 11.4. The van der Waals surface area contributed by atoms with Gasteiger partial charge >= 0.3 is 0 Å². The fourth-order valence-electron chi connectivity index (χ4n) is 3.57. The number of rotatable bonds is 9. The molecule has 1 aliphatic heterocycles. The largest absolute Gasteiger partial charge is 0.369 e. The van der Waals surface area contributed by atoms with Crippen LogP contribution in [0.1, 0.15) is 23.2 Å². The van der Waals surface area contributed by atoms with Gasteiger partial charge in [-0.2, -0.15) is 4.31 Å². The predicted octanol–water partition coefficient (Wildman–Crippen LogP) is 3.70. The molecule has 0 aliphatic carbocycles. The van der Waals surface area contributed by atoms with E-state index in [-0.39, 0.29) is 30.4 Å². The number of hydrogen-bond donors (Lipinski definition) is 3. The Morgan fingerprint density at radius 1 is 1.31 bits per heavy atom. The van der Waals surface area contributed by atoms with Crippen molar-refractivity contribution in [2.45, 2.75) is 17.7 Å². The molecule has 1 fully saturated rings. The predicted molar refractivity (Wildman–Crippen MR) is 138 cm³/mol. The van der Waals surface area contributed by atoms with Crippen molar-refractivity contribution in [3.05, 3.63) is 62.7 Å². The van der Waals surface area contributed by atoms with Gasteiger partial charge < -0.3 is 11.1 Å². The van der Waals surface area contributed by atoms with Gasteiger partial charge in [0.05, 0.1) is 34.5 Å². The van der Waals surface area contributed by atoms with Crippen molar-refractivity contribution in [1.29, 1.82) is 0 Å². The zero-order chi connectivity index (χ0) is 26.6. The highest BCUT2D eigenvalue weighted by molar-refractivity contribution is 14.1. The Bertz CT molecular complexity index is 1310. The van der Waals surface area contributed by atoms with E-state index in [1.54, 1.807) is 12.1 Å². The Kier molecular flexibility index (Phi) is 9.27. The number of primary amides is 1. The first kappa shape index (κ1) is 28.2. The molecule has 36 heavy (non-hydrogen) atoms. The summed E-state index contributed by atoms with van der Waals surface area (Å²) in [5, 5.41) is 2.72. The molecular formula is C22H22ClF2IN4O5S. The monoisotopic (exact) mass is 654 g/mol. The van der Waals surface area contributed by atoms with Crippen molar-refractivity contribution in [3.63, 3.8) is 0 Å². The third-order valence-corrected chi connectivity index (χ3v) is 8.23. The molecule has 4 N–H and O–H groups in total. The summed E-state index contributed by atoms with van der Waals surface area (Å²) < 4.78 is 58.8. The molecule has 2 aromatic carbocycles. The van der Waals surface area contributed by atoms with Gasteiger partial charge in [0, 0.05) is 16.7 Å². The highest BCUT2D eigenvalue weighted by Gasteiger charge is 2.37. The first-order chi connectivity index (χ1) is 17.0. The highest BCUT2D eigenvalue weighted by atomic mass is 127. The maximum absolute atomic E-state index is 15.4. The number of nitrogens with zero attached hydrogens (tertiary/aromatic N) is 1. The Morgan fingerprint density at radius 2 is 2.03 bits per heavy atom. The van der Waals surface area contributed by atoms with E-state index in [1.807, 2.05) is 28.1 Å². The van der Waals surface area contributed by atoms with E-state index in [1.165, 1.54) is 12.1 Å². The Hall–Kier alpha value is -2.33. The topological polar surface area (TPSA) is 131 Å². The van der Waals surface area contributed by atoms with Gasteiger partial charge in [-0.05, 0) is 59.7 Å². The Morgan fingerprint density at radius 3 is 2.67 bits per heavy atom. The summed E-state index contributed by atoms with van der Waals surface area (Å²) >= 11 is 8.20. The number of sulfonamides is 1. The SMILES string of the molecule is C=CCONC(=O)c1cc(S(=O)(=O)N2CCCC(C(N)=O)C2)c(F)c(F)c1Nc1ccc(I)cc1Cl. The summed E-state index contributed by atoms with van der Waals surface area (Å²) in [4.78, 5) is 28.2. The second kappa shape index (κ2) is 11.8. The molecule has 1 aliphatic rings. The number of benzene rings is 2. The van der Waals surface area contributed by atoms with E-state index in [4.69, 9.17) is 22.2 Å². The number of nitrogens with two attached hydrogens (primary N) is 1. The molecule has 9 nitrogen and oxygen atoms in total. The fraction of sp³-hybridized carbons (Fsp3) is 0.273. The molecule has 1 heterocycles. The fourth-order valence-corrected chi connectivity index (χ4v) is 6.08. The summed E-state index contributed by atoms with van der Waals surface area (Å²) in [6.07, 6.45) is 1.99. The maximum Gasteiger partial charge on any atom is 0.277 e. The van der Waals surface area contributed by atoms with Crippen molar-refractivity contribution in [2.24, 2.45) is 11.7 Å². The molecule has 0 saturated carbocycles. The van der Waals surface area contributed by atoms with Crippen LogP contribution in [0.25, 0.3) is 0 Å². The molecule has 2 amide bonds. The molecule has 0 aromatic heterocycles. The number of carbonyl (C=O) groups excluding carboxylic acids is 2. The van der Waals surface area contributed by atoms with E-state index in [0.29, 0.717) is 18.9 Å². The summed E-state index contributed by atoms with van der Waals surface area (Å²) in [6, 6.07) is 5.38. The molecule has 3 rings (SSSR count). The van der Waals surface area contributed by atoms with E-state index >= 15 is 8.78 Å². The number of hydroxylamine groups is 1. The van der Waals surface area contributed by atoms with Gasteiger partial charge in [-0.15, -0.1) is 6.58 Å². The number of piperidine rings is 1. The van der Waals surface area contributed by atoms with Gasteiger partial charge in [0.15, 0.2) is 11.6 Å². The average molecular weight is 655 g/mol. The molecule has 194 valence electrons. The van der Waals surface area contributed by atoms with Crippen molar-refractivity contribution in [2.75, 3.05) is 25.0 Å². The minimum Gasteiger partial charge on any atom is -0.369 e. The molecule has 1 unspecified atom stereocenters. The Balaban J connectivity index is 2.11. The van der Waals surface area contributed by atoms with Crippen molar-refractivity contribution >= 4 is 67.4 Å². The number of hydrogen-bond acceptors (Lipinski definition) is 6. The minimum atomic E-state index is -4.65. The van der Waals surface area contributed by atoms with Crippen molar-refractivity contribution < 1.29 is 31.6 Å². The summed E-state index contributed by atoms with van der Waals surface area (Å²) in [5.41, 5.74) is 6.28. The van der Waals surface area contributed by atoms with Crippen LogP contribution in [0.3, 0.4) is 0 Å². The first-order valence-corrected chi connectivity index (χ1v) is 13.4. The zero-order valence-electron chi connectivity index (χ0n) is 18.7. The van der Waals surface area contributed by atoms with Gasteiger partial charge in [0.1, 0.15) is 4.90 Å². The van der Waals surface area contributed by atoms with Gasteiger partial charge in [-0.25, -0.2) is 22.7 Å². The summed E-state index contributed by atoms with van der Waals surface area (Å²) in [5.74, 6) is -5.85. The molecule has 1 atom stereocenters. The summed E-state index contributed by atoms with van der Waals surface area (Å²) in [6.45, 7) is 3.01. The van der Waals surface area contributed by atoms with Crippen LogP contribution in [-0.2, 0) is 19.7 Å². The first-order valence-electron chi connectivity index (χ1n) is 10.5. The van der Waals surface area contributed by atoms with E-state index in [2.05, 4.69) is 11.9 Å². The van der Waals surface area contributed by atoms with E-state index in [9.17, 15) is 18.0 Å². The normalized spacial score (nSPS) is 16.4. The van der Waals surface area contributed by atoms with Crippen LogP contribution in [0.5, 0.6) is 0 Å². The molecule has 0 radical (unpaired) electrons. The minimum absolute atomic E-state index is 0.0323. The quantitative estimate of drug-likeness (QED) is 0.164. The molecular weight excluding hydrogens is 633 g/mol. The molecule has 0 bridgehead atoms. The zero-order valence-corrected chi connectivity index (χ0v) is 22.4. The van der Waals surface area contributed by atoms with Crippen LogP contribution in [0.2, 0.25) is 5.02 Å². The van der Waals surface area contributed by atoms with E-state index in [0.717, 1.165) is 7.88 Å². The number of nitrogens with one attached hydrogen (secondary N) is 2. The maximum atomic E-state index is 15.4. The number of amides is 2. The van der Waals surface area contributed by atoms with Gasteiger partial charge in [-0.1, -0.05) is 17.7 Å². The van der Waals surface area contributed by atoms with Crippen LogP contribution in [0, 0.1) is 21.1 Å². The van der Waals surface area contributed by atoms with Gasteiger partial charge in [0.2, 0.25) is 15.9 Å². The molecule has 0 spiro atoms. The van der Waals surface area contributed by atoms with Crippen molar-refractivity contribution in [3.8, 4) is 0 Å². The van der Waals surface area contributed by atoms with Crippen LogP contribution in [-0.4, -0.2) is 44.2 Å². The lowest BCUT2D eigenvalue weighted by atomic mass is 9.99. The van der Waals surface area contributed by atoms with Crippen LogP contribution in [0.4, 0.5) is 20.2 Å². The number of halogens is 4. The smallest absolute Gasteiger partial charge is 0.277 e. The lowest BCUT2D eigenvalue weighted by molar-refractivity contribution is -0.122. The third kappa shape index (κ3) is 6.14. The molecule has 1 saturated heterocycles. The van der Waals surface area contributed by atoms with Gasteiger partial charge in [-0.3, -0.25) is 14.4 Å². The highest BCUT2D eigenvalue weighted by Crippen LogP contribution is 2.35. The van der Waals surface area contributed by atoms with Gasteiger partial charge in [0.25, 0.3) is 5.91 Å². The second-order valence-electron chi connectivity index (χ2n) is 7.81. The van der Waals surface area contributed by atoms with Crippen LogP contribution in [0.15, 0.2) is 41.8 Å². The van der Waals surface area contributed by atoms with E-state index < -0.39 is 55.5 Å². The lowest BCUT2D eigenvalue weighted by Gasteiger charge is -2.30.